The number of ether oxygens (including phenoxy) is 1. The molecule has 1 amide bonds. The summed E-state index contributed by atoms with van der Waals surface area (Å²) in [6, 6.07) is 11.7. The van der Waals surface area contributed by atoms with Crippen molar-refractivity contribution in [2.75, 3.05) is 51.3 Å². The number of rotatable bonds is 6. The average Bonchev–Trinajstić information content (AvgIpc) is 3.18. The van der Waals surface area contributed by atoms with Gasteiger partial charge in [-0.1, -0.05) is 23.5 Å². The van der Waals surface area contributed by atoms with Gasteiger partial charge in [0.2, 0.25) is 0 Å². The van der Waals surface area contributed by atoms with E-state index in [1.165, 1.54) is 12.1 Å². The van der Waals surface area contributed by atoms with Crippen LogP contribution in [0.4, 0.5) is 9.52 Å². The molecular formula is C21H23FN4O2S. The minimum absolute atomic E-state index is 0.244. The Labute approximate surface area is 172 Å². The van der Waals surface area contributed by atoms with E-state index < -0.39 is 5.82 Å². The van der Waals surface area contributed by atoms with Gasteiger partial charge in [-0.25, -0.2) is 9.37 Å². The maximum Gasteiger partial charge on any atom is 0.251 e. The molecule has 0 radical (unpaired) electrons. The van der Waals surface area contributed by atoms with Crippen LogP contribution in [0.1, 0.15) is 10.4 Å². The molecule has 1 N–H and O–H groups in total. The van der Waals surface area contributed by atoms with E-state index in [1.807, 2.05) is 12.1 Å². The number of nitrogens with one attached hydrogen (secondary N) is 1. The second-order valence-electron chi connectivity index (χ2n) is 6.90. The number of fused-ring (bicyclic) bond motifs is 1. The van der Waals surface area contributed by atoms with E-state index in [0.29, 0.717) is 12.1 Å². The zero-order valence-corrected chi connectivity index (χ0v) is 17.0. The molecule has 1 fully saturated rings. The molecule has 0 atom stereocenters. The standard InChI is InChI=1S/C21H23FN4O2S/c1-28-17-6-3-7-18-19(17)24-21(29-18)26-12-10-25(11-13-26)9-8-23-20(27)15-4-2-5-16(22)14-15/h2-7,14H,8-13H2,1H3,(H,23,27). The van der Waals surface area contributed by atoms with E-state index >= 15 is 0 Å². The molecule has 0 spiro atoms. The van der Waals surface area contributed by atoms with Crippen LogP contribution in [0.3, 0.4) is 0 Å². The van der Waals surface area contributed by atoms with Crippen molar-refractivity contribution in [3.63, 3.8) is 0 Å². The van der Waals surface area contributed by atoms with Gasteiger partial charge < -0.3 is 15.0 Å². The van der Waals surface area contributed by atoms with Gasteiger partial charge in [-0.05, 0) is 30.3 Å². The van der Waals surface area contributed by atoms with E-state index in [2.05, 4.69) is 21.2 Å². The number of carbonyl (C=O) groups is 1. The van der Waals surface area contributed by atoms with Crippen molar-refractivity contribution >= 4 is 32.6 Å². The number of para-hydroxylation sites is 1. The molecule has 0 aliphatic carbocycles. The van der Waals surface area contributed by atoms with Crippen molar-refractivity contribution in [2.24, 2.45) is 0 Å². The molecule has 1 saturated heterocycles. The first-order valence-corrected chi connectivity index (χ1v) is 10.4. The van der Waals surface area contributed by atoms with Crippen molar-refractivity contribution in [2.45, 2.75) is 0 Å². The third-order valence-electron chi connectivity index (χ3n) is 5.03. The first-order valence-electron chi connectivity index (χ1n) is 9.58. The highest BCUT2D eigenvalue weighted by molar-refractivity contribution is 7.22. The molecule has 0 bridgehead atoms. The number of carbonyl (C=O) groups excluding carboxylic acids is 1. The van der Waals surface area contributed by atoms with Gasteiger partial charge in [-0.2, -0.15) is 0 Å². The van der Waals surface area contributed by atoms with E-state index in [-0.39, 0.29) is 5.91 Å². The quantitative estimate of drug-likeness (QED) is 0.672. The molecule has 152 valence electrons. The van der Waals surface area contributed by atoms with Crippen molar-refractivity contribution < 1.29 is 13.9 Å². The van der Waals surface area contributed by atoms with Gasteiger partial charge in [0.05, 0.1) is 11.8 Å². The maximum absolute atomic E-state index is 13.2. The van der Waals surface area contributed by atoms with Crippen molar-refractivity contribution in [3.05, 3.63) is 53.8 Å². The minimum atomic E-state index is -0.402. The number of hydrogen-bond acceptors (Lipinski definition) is 6. The van der Waals surface area contributed by atoms with Crippen LogP contribution in [0, 0.1) is 5.82 Å². The topological polar surface area (TPSA) is 57.7 Å². The Bertz CT molecular complexity index is 1000. The third kappa shape index (κ3) is 4.49. The summed E-state index contributed by atoms with van der Waals surface area (Å²) < 4.78 is 19.8. The van der Waals surface area contributed by atoms with Crippen LogP contribution in [0.15, 0.2) is 42.5 Å². The Morgan fingerprint density at radius 1 is 1.21 bits per heavy atom. The third-order valence-corrected chi connectivity index (χ3v) is 6.12. The summed E-state index contributed by atoms with van der Waals surface area (Å²) >= 11 is 1.68. The second-order valence-corrected chi connectivity index (χ2v) is 7.91. The van der Waals surface area contributed by atoms with Crippen LogP contribution in [0.5, 0.6) is 5.75 Å². The molecule has 4 rings (SSSR count). The summed E-state index contributed by atoms with van der Waals surface area (Å²) in [6.45, 7) is 4.89. The number of thiazole rings is 1. The van der Waals surface area contributed by atoms with Gasteiger partial charge in [0.1, 0.15) is 17.1 Å². The molecule has 1 aliphatic rings. The molecule has 3 aromatic rings. The predicted octanol–water partition coefficient (Wildman–Crippen LogP) is 3.00. The monoisotopic (exact) mass is 414 g/mol. The Morgan fingerprint density at radius 3 is 2.76 bits per heavy atom. The highest BCUT2D eigenvalue weighted by atomic mass is 32.1. The van der Waals surface area contributed by atoms with E-state index in [9.17, 15) is 9.18 Å². The highest BCUT2D eigenvalue weighted by Gasteiger charge is 2.20. The van der Waals surface area contributed by atoms with Gasteiger partial charge in [-0.15, -0.1) is 0 Å². The van der Waals surface area contributed by atoms with Gasteiger partial charge in [0.25, 0.3) is 5.91 Å². The molecule has 1 aliphatic heterocycles. The summed E-state index contributed by atoms with van der Waals surface area (Å²) in [4.78, 5) is 21.5. The molecule has 6 nitrogen and oxygen atoms in total. The smallest absolute Gasteiger partial charge is 0.251 e. The first-order chi connectivity index (χ1) is 14.1. The summed E-state index contributed by atoms with van der Waals surface area (Å²) in [5.74, 6) is 0.158. The first kappa shape index (κ1) is 19.6. The predicted molar refractivity (Wildman–Crippen MR) is 114 cm³/mol. The Morgan fingerprint density at radius 2 is 2.00 bits per heavy atom. The van der Waals surface area contributed by atoms with E-state index in [1.54, 1.807) is 30.6 Å². The number of benzene rings is 2. The number of amides is 1. The fraction of sp³-hybridized carbons (Fsp3) is 0.333. The lowest BCUT2D eigenvalue weighted by Gasteiger charge is -2.34. The van der Waals surface area contributed by atoms with Crippen LogP contribution in [-0.2, 0) is 0 Å². The summed E-state index contributed by atoms with van der Waals surface area (Å²) in [7, 11) is 1.67. The normalized spacial score (nSPS) is 14.9. The molecular weight excluding hydrogens is 391 g/mol. The number of hydrogen-bond donors (Lipinski definition) is 1. The lowest BCUT2D eigenvalue weighted by Crippen LogP contribution is -2.48. The summed E-state index contributed by atoms with van der Waals surface area (Å²) in [5.41, 5.74) is 1.26. The van der Waals surface area contributed by atoms with E-state index in [4.69, 9.17) is 9.72 Å². The highest BCUT2D eigenvalue weighted by Crippen LogP contribution is 2.34. The maximum atomic E-state index is 13.2. The van der Waals surface area contributed by atoms with E-state index in [0.717, 1.165) is 53.8 Å². The molecule has 2 heterocycles. The number of methoxy groups -OCH3 is 1. The van der Waals surface area contributed by atoms with Crippen LogP contribution in [0.2, 0.25) is 0 Å². The van der Waals surface area contributed by atoms with Gasteiger partial charge in [0, 0.05) is 44.8 Å². The average molecular weight is 415 g/mol. The SMILES string of the molecule is COc1cccc2sc(N3CCN(CCNC(=O)c4cccc(F)c4)CC3)nc12. The molecule has 0 saturated carbocycles. The van der Waals surface area contributed by atoms with Crippen molar-refractivity contribution in [1.82, 2.24) is 15.2 Å². The molecule has 2 aromatic carbocycles. The van der Waals surface area contributed by atoms with Gasteiger partial charge >= 0.3 is 0 Å². The molecule has 8 heteroatoms. The Kier molecular flexibility index (Phi) is 5.92. The van der Waals surface area contributed by atoms with Crippen LogP contribution in [0.25, 0.3) is 10.2 Å². The molecule has 29 heavy (non-hydrogen) atoms. The fourth-order valence-corrected chi connectivity index (χ4v) is 4.47. The number of nitrogens with zero attached hydrogens (tertiary/aromatic N) is 3. The number of piperazine rings is 1. The minimum Gasteiger partial charge on any atom is -0.494 e. The molecule has 0 unspecified atom stereocenters. The zero-order chi connectivity index (χ0) is 20.2. The Hall–Kier alpha value is -2.71. The van der Waals surface area contributed by atoms with Crippen LogP contribution < -0.4 is 15.0 Å². The Balaban J connectivity index is 1.27. The summed E-state index contributed by atoms with van der Waals surface area (Å²) in [6.07, 6.45) is 0. The number of halogens is 1. The summed E-state index contributed by atoms with van der Waals surface area (Å²) in [5, 5.41) is 3.88. The number of aromatic nitrogens is 1. The molecule has 1 aromatic heterocycles. The van der Waals surface area contributed by atoms with Crippen molar-refractivity contribution in [3.8, 4) is 5.75 Å². The van der Waals surface area contributed by atoms with Crippen molar-refractivity contribution in [1.29, 1.82) is 0 Å². The largest absolute Gasteiger partial charge is 0.494 e. The van der Waals surface area contributed by atoms with Gasteiger partial charge in [-0.3, -0.25) is 9.69 Å². The second kappa shape index (κ2) is 8.75. The number of anilines is 1. The lowest BCUT2D eigenvalue weighted by molar-refractivity contribution is 0.0947. The lowest BCUT2D eigenvalue weighted by atomic mass is 10.2. The fourth-order valence-electron chi connectivity index (χ4n) is 3.43. The van der Waals surface area contributed by atoms with Gasteiger partial charge in [0.15, 0.2) is 5.13 Å². The zero-order valence-electron chi connectivity index (χ0n) is 16.2. The van der Waals surface area contributed by atoms with Crippen LogP contribution in [-0.4, -0.2) is 62.2 Å². The van der Waals surface area contributed by atoms with Crippen LogP contribution >= 0.6 is 11.3 Å².